The maximum atomic E-state index is 12.6. The minimum atomic E-state index is -1.23. The highest BCUT2D eigenvalue weighted by Gasteiger charge is 2.44. The van der Waals surface area contributed by atoms with Crippen LogP contribution in [0.3, 0.4) is 0 Å². The third-order valence-corrected chi connectivity index (χ3v) is 4.20. The molecule has 0 radical (unpaired) electrons. The van der Waals surface area contributed by atoms with Gasteiger partial charge in [0.05, 0.1) is 0 Å². The number of urea groups is 1. The molecule has 1 unspecified atom stereocenters. The molecule has 128 valence electrons. The summed E-state index contributed by atoms with van der Waals surface area (Å²) in [7, 11) is 0. The number of carboxylic acid groups (broad SMARTS) is 1. The van der Waals surface area contributed by atoms with Crippen LogP contribution in [0.1, 0.15) is 11.1 Å². The molecule has 6 heteroatoms. The fraction of sp³-hybridized carbons (Fsp3) is 0.211. The van der Waals surface area contributed by atoms with Gasteiger partial charge in [-0.1, -0.05) is 60.7 Å². The smallest absolute Gasteiger partial charge is 0.327 e. The zero-order valence-corrected chi connectivity index (χ0v) is 13.5. The predicted molar refractivity (Wildman–Crippen MR) is 90.9 cm³/mol. The van der Waals surface area contributed by atoms with Crippen molar-refractivity contribution in [3.63, 3.8) is 0 Å². The van der Waals surface area contributed by atoms with E-state index in [4.69, 9.17) is 0 Å². The standard InChI is InChI=1S/C19H18N2O4/c22-17-15(11-13-7-3-1-4-8-13)20-19(25)21(17)16(18(23)24)12-14-9-5-2-6-10-14/h1-10,15-16H,11-12H2,(H,20,25)(H,23,24)/t15-,16?/m0/s1. The monoisotopic (exact) mass is 338 g/mol. The highest BCUT2D eigenvalue weighted by Crippen LogP contribution is 2.18. The van der Waals surface area contributed by atoms with Crippen LogP contribution < -0.4 is 5.32 Å². The molecular formula is C19H18N2O4. The lowest BCUT2D eigenvalue weighted by Crippen LogP contribution is -2.47. The van der Waals surface area contributed by atoms with Crippen LogP contribution in [0, 0.1) is 0 Å². The van der Waals surface area contributed by atoms with Gasteiger partial charge in [-0.25, -0.2) is 14.5 Å². The number of benzene rings is 2. The molecule has 3 rings (SSSR count). The number of nitrogens with zero attached hydrogens (tertiary/aromatic N) is 1. The van der Waals surface area contributed by atoms with Gasteiger partial charge >= 0.3 is 12.0 Å². The first-order valence-electron chi connectivity index (χ1n) is 8.00. The lowest BCUT2D eigenvalue weighted by atomic mass is 10.0. The third-order valence-electron chi connectivity index (χ3n) is 4.20. The first-order chi connectivity index (χ1) is 12.1. The van der Waals surface area contributed by atoms with Crippen molar-refractivity contribution in [2.75, 3.05) is 0 Å². The molecule has 1 aliphatic rings. The quantitative estimate of drug-likeness (QED) is 0.787. The molecular weight excluding hydrogens is 320 g/mol. The molecule has 1 saturated heterocycles. The molecule has 0 saturated carbocycles. The molecule has 3 amide bonds. The van der Waals surface area contributed by atoms with Gasteiger partial charge in [0.25, 0.3) is 5.91 Å². The fourth-order valence-corrected chi connectivity index (χ4v) is 2.96. The Morgan fingerprint density at radius 1 is 1.00 bits per heavy atom. The summed E-state index contributed by atoms with van der Waals surface area (Å²) in [6.45, 7) is 0. The Balaban J connectivity index is 1.78. The number of carbonyl (C=O) groups excluding carboxylic acids is 2. The van der Waals surface area contributed by atoms with Crippen LogP contribution in [0.4, 0.5) is 4.79 Å². The molecule has 0 spiro atoms. The second kappa shape index (κ2) is 7.17. The third kappa shape index (κ3) is 3.68. The van der Waals surface area contributed by atoms with Gasteiger partial charge in [-0.05, 0) is 11.1 Å². The predicted octanol–water partition coefficient (Wildman–Crippen LogP) is 1.85. The Hall–Kier alpha value is -3.15. The number of nitrogens with one attached hydrogen (secondary N) is 1. The van der Waals surface area contributed by atoms with E-state index in [2.05, 4.69) is 5.32 Å². The number of imide groups is 1. The number of hydrogen-bond donors (Lipinski definition) is 2. The van der Waals surface area contributed by atoms with Crippen molar-refractivity contribution in [3.05, 3.63) is 71.8 Å². The maximum absolute atomic E-state index is 12.6. The maximum Gasteiger partial charge on any atom is 0.327 e. The average molecular weight is 338 g/mol. The second-order valence-corrected chi connectivity index (χ2v) is 5.94. The topological polar surface area (TPSA) is 86.7 Å². The van der Waals surface area contributed by atoms with Crippen molar-refractivity contribution in [1.82, 2.24) is 10.2 Å². The van der Waals surface area contributed by atoms with E-state index in [0.717, 1.165) is 16.0 Å². The van der Waals surface area contributed by atoms with Crippen molar-refractivity contribution in [2.45, 2.75) is 24.9 Å². The minimum Gasteiger partial charge on any atom is -0.480 e. The molecule has 1 heterocycles. The number of rotatable bonds is 6. The van der Waals surface area contributed by atoms with Crippen molar-refractivity contribution < 1.29 is 19.5 Å². The summed E-state index contributed by atoms with van der Waals surface area (Å²) in [6, 6.07) is 15.6. The lowest BCUT2D eigenvalue weighted by molar-refractivity contribution is -0.146. The van der Waals surface area contributed by atoms with Gasteiger partial charge in [0.15, 0.2) is 0 Å². The SMILES string of the molecule is O=C(O)C(Cc1ccccc1)N1C(=O)N[C@@H](Cc2ccccc2)C1=O. The van der Waals surface area contributed by atoms with Crippen LogP contribution in [0.15, 0.2) is 60.7 Å². The van der Waals surface area contributed by atoms with Crippen LogP contribution in [-0.2, 0) is 22.4 Å². The van der Waals surface area contributed by atoms with Crippen LogP contribution in [0.2, 0.25) is 0 Å². The van der Waals surface area contributed by atoms with E-state index in [1.165, 1.54) is 0 Å². The van der Waals surface area contributed by atoms with Gasteiger partial charge in [0.1, 0.15) is 12.1 Å². The molecule has 1 fully saturated rings. The largest absolute Gasteiger partial charge is 0.480 e. The minimum absolute atomic E-state index is 0.0768. The molecule has 2 atom stereocenters. The van der Waals surface area contributed by atoms with Gasteiger partial charge in [-0.3, -0.25) is 4.79 Å². The van der Waals surface area contributed by atoms with Gasteiger partial charge in [-0.15, -0.1) is 0 Å². The van der Waals surface area contributed by atoms with Crippen molar-refractivity contribution in [3.8, 4) is 0 Å². The number of amides is 3. The lowest BCUT2D eigenvalue weighted by Gasteiger charge is -2.21. The highest BCUT2D eigenvalue weighted by molar-refractivity contribution is 6.07. The Bertz CT molecular complexity index is 777. The van der Waals surface area contributed by atoms with E-state index in [-0.39, 0.29) is 6.42 Å². The summed E-state index contributed by atoms with van der Waals surface area (Å²) in [4.78, 5) is 37.4. The summed E-state index contributed by atoms with van der Waals surface area (Å²) >= 11 is 0. The zero-order valence-electron chi connectivity index (χ0n) is 13.5. The van der Waals surface area contributed by atoms with Crippen molar-refractivity contribution in [1.29, 1.82) is 0 Å². The Morgan fingerprint density at radius 2 is 1.56 bits per heavy atom. The van der Waals surface area contributed by atoms with Gasteiger partial charge < -0.3 is 10.4 Å². The van der Waals surface area contributed by atoms with E-state index in [1.54, 1.807) is 24.3 Å². The van der Waals surface area contributed by atoms with Crippen LogP contribution in [-0.4, -0.2) is 40.0 Å². The molecule has 0 aliphatic carbocycles. The molecule has 25 heavy (non-hydrogen) atoms. The Kier molecular flexibility index (Phi) is 4.79. The summed E-state index contributed by atoms with van der Waals surface area (Å²) in [5, 5.41) is 12.1. The summed E-state index contributed by atoms with van der Waals surface area (Å²) in [5.74, 6) is -1.70. The highest BCUT2D eigenvalue weighted by atomic mass is 16.4. The molecule has 2 aromatic carbocycles. The van der Waals surface area contributed by atoms with Crippen molar-refractivity contribution >= 4 is 17.9 Å². The summed E-state index contributed by atoms with van der Waals surface area (Å²) in [6.07, 6.45) is 0.410. The van der Waals surface area contributed by atoms with Crippen LogP contribution in [0.25, 0.3) is 0 Å². The molecule has 0 bridgehead atoms. The fourth-order valence-electron chi connectivity index (χ4n) is 2.96. The summed E-state index contributed by atoms with van der Waals surface area (Å²) < 4.78 is 0. The zero-order chi connectivity index (χ0) is 17.8. The van der Waals surface area contributed by atoms with E-state index in [1.807, 2.05) is 36.4 Å². The van der Waals surface area contributed by atoms with Gasteiger partial charge in [0, 0.05) is 12.8 Å². The first-order valence-corrected chi connectivity index (χ1v) is 8.00. The Labute approximate surface area is 145 Å². The number of carbonyl (C=O) groups is 3. The number of aliphatic carboxylic acids is 1. The molecule has 2 N–H and O–H groups in total. The molecule has 1 aliphatic heterocycles. The summed E-state index contributed by atoms with van der Waals surface area (Å²) in [5.41, 5.74) is 1.65. The van der Waals surface area contributed by atoms with Gasteiger partial charge in [0.2, 0.25) is 0 Å². The molecule has 6 nitrogen and oxygen atoms in total. The van der Waals surface area contributed by atoms with Crippen molar-refractivity contribution in [2.24, 2.45) is 0 Å². The molecule has 2 aromatic rings. The molecule has 0 aromatic heterocycles. The van der Waals surface area contributed by atoms with E-state index in [9.17, 15) is 19.5 Å². The van der Waals surface area contributed by atoms with Crippen LogP contribution >= 0.6 is 0 Å². The number of carboxylic acids is 1. The van der Waals surface area contributed by atoms with E-state index >= 15 is 0 Å². The second-order valence-electron chi connectivity index (χ2n) is 5.94. The van der Waals surface area contributed by atoms with E-state index < -0.39 is 30.0 Å². The van der Waals surface area contributed by atoms with Crippen LogP contribution in [0.5, 0.6) is 0 Å². The first kappa shape index (κ1) is 16.7. The number of hydrogen-bond acceptors (Lipinski definition) is 3. The normalized spacial score (nSPS) is 18.1. The average Bonchev–Trinajstić information content (AvgIpc) is 2.88. The van der Waals surface area contributed by atoms with E-state index in [0.29, 0.717) is 6.42 Å². The Morgan fingerprint density at radius 3 is 2.12 bits per heavy atom. The van der Waals surface area contributed by atoms with Gasteiger partial charge in [-0.2, -0.15) is 0 Å².